The van der Waals surface area contributed by atoms with Gasteiger partial charge >= 0.3 is 6.09 Å². The van der Waals surface area contributed by atoms with E-state index in [-0.39, 0.29) is 35.2 Å². The maximum absolute atomic E-state index is 13.0. The predicted molar refractivity (Wildman–Crippen MR) is 112 cm³/mol. The van der Waals surface area contributed by atoms with Crippen molar-refractivity contribution in [3.63, 3.8) is 0 Å². The van der Waals surface area contributed by atoms with E-state index >= 15 is 0 Å². The van der Waals surface area contributed by atoms with Gasteiger partial charge in [-0.25, -0.2) is 20.1 Å². The molecule has 3 rings (SSSR count). The number of rotatable bonds is 5. The molecule has 1 aliphatic heterocycles. The van der Waals surface area contributed by atoms with Crippen molar-refractivity contribution in [2.45, 2.75) is 25.8 Å². The lowest BCUT2D eigenvalue weighted by Crippen LogP contribution is -2.55. The first-order chi connectivity index (χ1) is 14.3. The summed E-state index contributed by atoms with van der Waals surface area (Å²) in [7, 11) is 0. The number of hydrazine groups is 1. The number of ether oxygens (including phenoxy) is 1. The molecule has 1 saturated heterocycles. The zero-order valence-corrected chi connectivity index (χ0v) is 18.1. The van der Waals surface area contributed by atoms with Crippen molar-refractivity contribution in [1.29, 1.82) is 0 Å². The van der Waals surface area contributed by atoms with Gasteiger partial charge in [0.25, 0.3) is 5.91 Å². The van der Waals surface area contributed by atoms with Gasteiger partial charge in [0.2, 0.25) is 11.8 Å². The van der Waals surface area contributed by atoms with Crippen molar-refractivity contribution in [1.82, 2.24) is 10.4 Å². The summed E-state index contributed by atoms with van der Waals surface area (Å²) < 4.78 is 4.84. The summed E-state index contributed by atoms with van der Waals surface area (Å²) in [5.74, 6) is -1.76. The summed E-state index contributed by atoms with van der Waals surface area (Å²) in [4.78, 5) is 52.2. The quantitative estimate of drug-likeness (QED) is 0.534. The number of anilines is 1. The minimum Gasteiger partial charge on any atom is -0.449 e. The molecule has 0 aliphatic carbocycles. The van der Waals surface area contributed by atoms with Crippen LogP contribution in [0, 0.1) is 0 Å². The maximum Gasteiger partial charge on any atom is 0.426 e. The molecule has 0 bridgehead atoms. The topological polar surface area (TPSA) is 96.0 Å². The largest absolute Gasteiger partial charge is 0.449 e. The monoisotopic (exact) mass is 469 g/mol. The molecule has 1 aromatic carbocycles. The summed E-state index contributed by atoms with van der Waals surface area (Å²) in [5, 5.41) is 3.12. The van der Waals surface area contributed by atoms with Crippen molar-refractivity contribution in [2.24, 2.45) is 0 Å². The van der Waals surface area contributed by atoms with E-state index in [9.17, 15) is 19.2 Å². The number of benzene rings is 1. The Morgan fingerprint density at radius 2 is 2.03 bits per heavy atom. The lowest BCUT2D eigenvalue weighted by molar-refractivity contribution is -0.140. The zero-order valence-electron chi connectivity index (χ0n) is 15.8. The first kappa shape index (κ1) is 22.1. The highest BCUT2D eigenvalue weighted by atomic mass is 35.5. The van der Waals surface area contributed by atoms with Gasteiger partial charge in [-0.05, 0) is 36.6 Å². The van der Waals surface area contributed by atoms with Gasteiger partial charge in [0.05, 0.1) is 35.2 Å². The average Bonchev–Trinajstić information content (AvgIpc) is 3.30. The molecule has 30 heavy (non-hydrogen) atoms. The van der Waals surface area contributed by atoms with Gasteiger partial charge in [0.1, 0.15) is 6.04 Å². The molecular formula is C19H17Cl2N3O5S. The van der Waals surface area contributed by atoms with Crippen LogP contribution < -0.4 is 10.3 Å². The SMILES string of the molecule is CCOC(=O)NN(C(=O)Cc1cccs1)C1CC(=O)N(c2ccc(Cl)c(Cl)c2)C1=O. The molecule has 0 spiro atoms. The van der Waals surface area contributed by atoms with E-state index in [0.29, 0.717) is 0 Å². The number of hydrogen-bond donors (Lipinski definition) is 1. The second-order valence-electron chi connectivity index (χ2n) is 6.24. The van der Waals surface area contributed by atoms with E-state index in [4.69, 9.17) is 27.9 Å². The number of nitrogens with zero attached hydrogens (tertiary/aromatic N) is 2. The lowest BCUT2D eigenvalue weighted by atomic mass is 10.2. The van der Waals surface area contributed by atoms with Gasteiger partial charge in [0, 0.05) is 4.88 Å². The summed E-state index contributed by atoms with van der Waals surface area (Å²) in [6, 6.07) is 6.65. The summed E-state index contributed by atoms with van der Waals surface area (Å²) in [6.45, 7) is 1.68. The number of imide groups is 1. The first-order valence-electron chi connectivity index (χ1n) is 8.91. The van der Waals surface area contributed by atoms with Crippen LogP contribution in [-0.2, 0) is 25.5 Å². The number of amides is 4. The Balaban J connectivity index is 1.87. The van der Waals surface area contributed by atoms with E-state index in [2.05, 4.69) is 5.43 Å². The molecule has 2 heterocycles. The molecule has 8 nitrogen and oxygen atoms in total. The normalized spacial score (nSPS) is 16.0. The van der Waals surface area contributed by atoms with Gasteiger partial charge < -0.3 is 4.74 Å². The predicted octanol–water partition coefficient (Wildman–Crippen LogP) is 3.42. The Bertz CT molecular complexity index is 983. The zero-order chi connectivity index (χ0) is 21.8. The minimum atomic E-state index is -1.22. The molecule has 0 saturated carbocycles. The molecule has 1 fully saturated rings. The lowest BCUT2D eigenvalue weighted by Gasteiger charge is -2.27. The fraction of sp³-hybridized carbons (Fsp3) is 0.263. The highest BCUT2D eigenvalue weighted by molar-refractivity contribution is 7.10. The van der Waals surface area contributed by atoms with Crippen LogP contribution in [-0.4, -0.2) is 41.5 Å². The van der Waals surface area contributed by atoms with Crippen LogP contribution in [0.25, 0.3) is 0 Å². The van der Waals surface area contributed by atoms with Crippen molar-refractivity contribution >= 4 is 64.0 Å². The second-order valence-corrected chi connectivity index (χ2v) is 8.08. The number of halogens is 2. The van der Waals surface area contributed by atoms with Crippen LogP contribution in [0.15, 0.2) is 35.7 Å². The van der Waals surface area contributed by atoms with Gasteiger partial charge in [0.15, 0.2) is 0 Å². The Hall–Kier alpha value is -2.62. The van der Waals surface area contributed by atoms with Crippen LogP contribution in [0.3, 0.4) is 0 Å². The van der Waals surface area contributed by atoms with Crippen LogP contribution in [0.2, 0.25) is 10.0 Å². The molecule has 1 unspecified atom stereocenters. The first-order valence-corrected chi connectivity index (χ1v) is 10.5. The van der Waals surface area contributed by atoms with Crippen LogP contribution in [0.4, 0.5) is 10.5 Å². The fourth-order valence-electron chi connectivity index (χ4n) is 2.94. The molecule has 1 N–H and O–H groups in total. The number of thiophene rings is 1. The van der Waals surface area contributed by atoms with Gasteiger partial charge in [-0.1, -0.05) is 29.3 Å². The molecule has 2 aromatic rings. The number of hydrogen-bond acceptors (Lipinski definition) is 6. The van der Waals surface area contributed by atoms with Gasteiger partial charge in [-0.15, -0.1) is 11.3 Å². The van der Waals surface area contributed by atoms with Crippen LogP contribution in [0.5, 0.6) is 0 Å². The van der Waals surface area contributed by atoms with Gasteiger partial charge in [-0.3, -0.25) is 14.4 Å². The fourth-order valence-corrected chi connectivity index (χ4v) is 3.92. The van der Waals surface area contributed by atoms with E-state index < -0.39 is 29.9 Å². The van der Waals surface area contributed by atoms with Crippen LogP contribution >= 0.6 is 34.5 Å². The third-order valence-electron chi connectivity index (χ3n) is 4.26. The summed E-state index contributed by atoms with van der Waals surface area (Å²) in [5.41, 5.74) is 2.52. The highest BCUT2D eigenvalue weighted by Crippen LogP contribution is 2.31. The Morgan fingerprint density at radius 1 is 1.27 bits per heavy atom. The third-order valence-corrected chi connectivity index (χ3v) is 5.87. The third kappa shape index (κ3) is 4.75. The molecular weight excluding hydrogens is 453 g/mol. The molecule has 1 aliphatic rings. The van der Waals surface area contributed by atoms with E-state index in [1.807, 2.05) is 5.38 Å². The molecule has 0 radical (unpaired) electrons. The van der Waals surface area contributed by atoms with Crippen molar-refractivity contribution in [2.75, 3.05) is 11.5 Å². The Morgan fingerprint density at radius 3 is 2.67 bits per heavy atom. The molecule has 1 atom stereocenters. The summed E-state index contributed by atoms with van der Waals surface area (Å²) in [6.07, 6.45) is -1.25. The summed E-state index contributed by atoms with van der Waals surface area (Å²) >= 11 is 13.3. The molecule has 1 aromatic heterocycles. The number of carbonyl (C=O) groups is 4. The maximum atomic E-state index is 13.0. The van der Waals surface area contributed by atoms with E-state index in [0.717, 1.165) is 14.8 Å². The smallest absolute Gasteiger partial charge is 0.426 e. The van der Waals surface area contributed by atoms with Gasteiger partial charge in [-0.2, -0.15) is 0 Å². The highest BCUT2D eigenvalue weighted by Gasteiger charge is 2.45. The molecule has 158 valence electrons. The van der Waals surface area contributed by atoms with E-state index in [1.54, 1.807) is 19.1 Å². The van der Waals surface area contributed by atoms with Crippen LogP contribution in [0.1, 0.15) is 18.2 Å². The van der Waals surface area contributed by atoms with Crippen molar-refractivity contribution < 1.29 is 23.9 Å². The molecule has 11 heteroatoms. The Labute approximate surface area is 186 Å². The van der Waals surface area contributed by atoms with E-state index in [1.165, 1.54) is 29.5 Å². The molecule has 4 amide bonds. The second kappa shape index (κ2) is 9.46. The Kier molecular flexibility index (Phi) is 6.96. The standard InChI is InChI=1S/C19H17Cl2N3O5S/c1-2-29-19(28)22-24(17(26)9-12-4-3-7-30-12)15-10-16(25)23(18(15)27)11-5-6-13(20)14(21)8-11/h3-8,15H,2,9-10H2,1H3,(H,22,28). The van der Waals surface area contributed by atoms with Crippen molar-refractivity contribution in [3.05, 3.63) is 50.6 Å². The van der Waals surface area contributed by atoms with Crippen molar-refractivity contribution in [3.8, 4) is 0 Å². The average molecular weight is 470 g/mol. The number of nitrogens with one attached hydrogen (secondary N) is 1. The minimum absolute atomic E-state index is 0.0468. The number of carbonyl (C=O) groups excluding carboxylic acids is 4.